The number of aliphatic hydroxyl groups is 1. The Kier molecular flexibility index (Phi) is 5.44. The maximum Gasteiger partial charge on any atom is 0.305 e. The van der Waals surface area contributed by atoms with Gasteiger partial charge in [0.15, 0.2) is 0 Å². The number of carbonyl (C=O) groups excluding carboxylic acids is 1. The number of hydrogen-bond donors (Lipinski definition) is 1. The van der Waals surface area contributed by atoms with Crippen LogP contribution in [0, 0.1) is 46.3 Å². The SMILES string of the molecule is COC(=O)CC[C@H](C)[C@@H]1CC[C@@H]2[C@H]3CC[C@H]4C[C@@H](O)CC[C@]4(C)[C@@H]3C=C[C@@]21C. The quantitative estimate of drug-likeness (QED) is 0.520. The van der Waals surface area contributed by atoms with Crippen LogP contribution in [0.25, 0.3) is 0 Å². The fourth-order valence-electron chi connectivity index (χ4n) is 8.20. The maximum absolute atomic E-state index is 11.6. The second-order valence-electron chi connectivity index (χ2n) is 11.0. The molecule has 4 rings (SSSR count). The number of esters is 1. The van der Waals surface area contributed by atoms with Crippen LogP contribution in [0.5, 0.6) is 0 Å². The minimum Gasteiger partial charge on any atom is -0.469 e. The zero-order chi connectivity index (χ0) is 20.1. The molecular weight excluding hydrogens is 348 g/mol. The van der Waals surface area contributed by atoms with E-state index in [1.165, 1.54) is 39.2 Å². The Balaban J connectivity index is 1.53. The summed E-state index contributed by atoms with van der Waals surface area (Å²) in [6.07, 6.45) is 15.1. The molecule has 0 aliphatic heterocycles. The molecule has 4 aliphatic rings. The van der Waals surface area contributed by atoms with Crippen LogP contribution in [-0.4, -0.2) is 24.3 Å². The van der Waals surface area contributed by atoms with Crippen molar-refractivity contribution in [2.45, 2.75) is 84.7 Å². The largest absolute Gasteiger partial charge is 0.469 e. The number of allylic oxidation sites excluding steroid dienone is 2. The first-order chi connectivity index (χ1) is 13.3. The van der Waals surface area contributed by atoms with Gasteiger partial charge in [-0.15, -0.1) is 0 Å². The van der Waals surface area contributed by atoms with E-state index in [2.05, 4.69) is 32.9 Å². The van der Waals surface area contributed by atoms with Crippen LogP contribution < -0.4 is 0 Å². The first kappa shape index (κ1) is 20.4. The third-order valence-corrected chi connectivity index (χ3v) is 9.86. The number of carbonyl (C=O) groups is 1. The smallest absolute Gasteiger partial charge is 0.305 e. The van der Waals surface area contributed by atoms with E-state index in [1.807, 2.05) is 0 Å². The van der Waals surface area contributed by atoms with E-state index in [9.17, 15) is 9.90 Å². The van der Waals surface area contributed by atoms with Crippen molar-refractivity contribution in [2.24, 2.45) is 46.3 Å². The van der Waals surface area contributed by atoms with Gasteiger partial charge < -0.3 is 9.84 Å². The van der Waals surface area contributed by atoms with Gasteiger partial charge in [-0.05, 0) is 97.7 Å². The van der Waals surface area contributed by atoms with Gasteiger partial charge in [0.1, 0.15) is 0 Å². The number of methoxy groups -OCH3 is 1. The average Bonchev–Trinajstić information content (AvgIpc) is 3.03. The van der Waals surface area contributed by atoms with Crippen molar-refractivity contribution in [3.8, 4) is 0 Å². The summed E-state index contributed by atoms with van der Waals surface area (Å²) in [7, 11) is 1.49. The number of hydrogen-bond acceptors (Lipinski definition) is 3. The Morgan fingerprint density at radius 2 is 2.00 bits per heavy atom. The molecule has 0 radical (unpaired) electrons. The molecule has 0 amide bonds. The van der Waals surface area contributed by atoms with Crippen LogP contribution in [0.2, 0.25) is 0 Å². The van der Waals surface area contributed by atoms with Gasteiger partial charge in [-0.3, -0.25) is 4.79 Å². The molecule has 3 heteroatoms. The van der Waals surface area contributed by atoms with Gasteiger partial charge in [0, 0.05) is 6.42 Å². The van der Waals surface area contributed by atoms with E-state index >= 15 is 0 Å². The van der Waals surface area contributed by atoms with E-state index in [1.54, 1.807) is 0 Å². The summed E-state index contributed by atoms with van der Waals surface area (Å²) in [5, 5.41) is 10.2. The first-order valence-electron chi connectivity index (χ1n) is 11.7. The highest BCUT2D eigenvalue weighted by Gasteiger charge is 2.58. The molecular formula is C25H40O3. The number of fused-ring (bicyclic) bond motifs is 5. The van der Waals surface area contributed by atoms with Crippen molar-refractivity contribution in [3.63, 3.8) is 0 Å². The third-order valence-electron chi connectivity index (χ3n) is 9.86. The first-order valence-corrected chi connectivity index (χ1v) is 11.7. The minimum absolute atomic E-state index is 0.0704. The molecule has 0 aromatic carbocycles. The van der Waals surface area contributed by atoms with Gasteiger partial charge in [0.2, 0.25) is 0 Å². The van der Waals surface area contributed by atoms with Gasteiger partial charge in [-0.2, -0.15) is 0 Å². The van der Waals surface area contributed by atoms with Gasteiger partial charge in [0.05, 0.1) is 13.2 Å². The van der Waals surface area contributed by atoms with E-state index in [4.69, 9.17) is 4.74 Å². The molecule has 9 atom stereocenters. The van der Waals surface area contributed by atoms with Crippen molar-refractivity contribution in [1.29, 1.82) is 0 Å². The van der Waals surface area contributed by atoms with E-state index in [0.717, 1.165) is 31.1 Å². The van der Waals surface area contributed by atoms with E-state index in [0.29, 0.717) is 35.5 Å². The molecule has 0 heterocycles. The third kappa shape index (κ3) is 3.16. The van der Waals surface area contributed by atoms with Gasteiger partial charge in [0.25, 0.3) is 0 Å². The molecule has 0 bridgehead atoms. The molecule has 28 heavy (non-hydrogen) atoms. The molecule has 158 valence electrons. The van der Waals surface area contributed by atoms with Crippen molar-refractivity contribution >= 4 is 5.97 Å². The summed E-state index contributed by atoms with van der Waals surface area (Å²) in [6.45, 7) is 7.39. The summed E-state index contributed by atoms with van der Waals surface area (Å²) >= 11 is 0. The number of ether oxygens (including phenoxy) is 1. The van der Waals surface area contributed by atoms with Crippen LogP contribution in [0.1, 0.15) is 78.6 Å². The summed E-state index contributed by atoms with van der Waals surface area (Å²) < 4.78 is 4.86. The van der Waals surface area contributed by atoms with E-state index in [-0.39, 0.29) is 17.5 Å². The Bertz CT molecular complexity index is 627. The summed E-state index contributed by atoms with van der Waals surface area (Å²) in [4.78, 5) is 11.6. The Morgan fingerprint density at radius 3 is 2.75 bits per heavy atom. The van der Waals surface area contributed by atoms with Crippen molar-refractivity contribution in [3.05, 3.63) is 12.2 Å². The molecule has 0 aromatic rings. The lowest BCUT2D eigenvalue weighted by atomic mass is 9.46. The molecule has 1 N–H and O–H groups in total. The highest BCUT2D eigenvalue weighted by atomic mass is 16.5. The summed E-state index contributed by atoms with van der Waals surface area (Å²) in [5.41, 5.74) is 0.669. The molecule has 0 spiro atoms. The van der Waals surface area contributed by atoms with Crippen LogP contribution in [0.15, 0.2) is 12.2 Å². The molecule has 0 saturated heterocycles. The predicted molar refractivity (Wildman–Crippen MR) is 112 cm³/mol. The van der Waals surface area contributed by atoms with Gasteiger partial charge in [-0.25, -0.2) is 0 Å². The Hall–Kier alpha value is -0.830. The Labute approximate surface area is 171 Å². The van der Waals surface area contributed by atoms with Crippen LogP contribution in [0.4, 0.5) is 0 Å². The molecule has 0 unspecified atom stereocenters. The molecule has 0 aromatic heterocycles. The molecule has 3 saturated carbocycles. The zero-order valence-electron chi connectivity index (χ0n) is 18.3. The number of rotatable bonds is 4. The second-order valence-corrected chi connectivity index (χ2v) is 11.0. The lowest BCUT2D eigenvalue weighted by molar-refractivity contribution is -0.141. The summed E-state index contributed by atoms with van der Waals surface area (Å²) in [5.74, 6) is 4.16. The zero-order valence-corrected chi connectivity index (χ0v) is 18.3. The topological polar surface area (TPSA) is 46.5 Å². The average molecular weight is 389 g/mol. The standard InChI is InChI=1S/C25H40O3/c1-16(5-10-23(27)28-4)20-8-9-21-19-7-6-17-15-18(26)11-13-24(17,2)22(19)12-14-25(20,21)3/h12,14,16-22,26H,5-11,13,15H2,1-4H3/t16-,17-,18-,19+,20-,21+,22+,24-,25+/m0/s1. The van der Waals surface area contributed by atoms with Crippen LogP contribution >= 0.6 is 0 Å². The van der Waals surface area contributed by atoms with Crippen molar-refractivity contribution < 1.29 is 14.6 Å². The number of aliphatic hydroxyl groups excluding tert-OH is 1. The maximum atomic E-state index is 11.6. The molecule has 3 nitrogen and oxygen atoms in total. The monoisotopic (exact) mass is 388 g/mol. The predicted octanol–water partition coefficient (Wildman–Crippen LogP) is 5.37. The minimum atomic E-state index is -0.0727. The summed E-state index contributed by atoms with van der Waals surface area (Å²) in [6, 6.07) is 0. The lowest BCUT2D eigenvalue weighted by Crippen LogP contribution is -2.52. The highest BCUT2D eigenvalue weighted by molar-refractivity contribution is 5.69. The fourth-order valence-corrected chi connectivity index (χ4v) is 8.20. The van der Waals surface area contributed by atoms with Gasteiger partial charge in [-0.1, -0.05) is 32.9 Å². The Morgan fingerprint density at radius 1 is 1.21 bits per heavy atom. The normalized spacial score (nSPS) is 48.3. The van der Waals surface area contributed by atoms with Crippen molar-refractivity contribution in [2.75, 3.05) is 7.11 Å². The molecule has 4 aliphatic carbocycles. The lowest BCUT2D eigenvalue weighted by Gasteiger charge is -2.58. The highest BCUT2D eigenvalue weighted by Crippen LogP contribution is 2.66. The van der Waals surface area contributed by atoms with Crippen LogP contribution in [0.3, 0.4) is 0 Å². The fraction of sp³-hybridized carbons (Fsp3) is 0.880. The van der Waals surface area contributed by atoms with Crippen molar-refractivity contribution in [1.82, 2.24) is 0 Å². The van der Waals surface area contributed by atoms with Gasteiger partial charge >= 0.3 is 5.97 Å². The second kappa shape index (κ2) is 7.45. The van der Waals surface area contributed by atoms with E-state index < -0.39 is 0 Å². The van der Waals surface area contributed by atoms with Crippen LogP contribution in [-0.2, 0) is 9.53 Å². The molecule has 3 fully saturated rings.